The molecule has 0 saturated carbocycles. The van der Waals surface area contributed by atoms with Crippen molar-refractivity contribution in [2.75, 3.05) is 13.2 Å². The molecule has 3 aromatic rings. The third-order valence-electron chi connectivity index (χ3n) is 6.28. The summed E-state index contributed by atoms with van der Waals surface area (Å²) < 4.78 is 39.1. The molecule has 3 aromatic carbocycles. The minimum atomic E-state index is -4.55. The average Bonchev–Trinajstić information content (AvgIpc) is 2.93. The smallest absolute Gasteiger partial charge is 0.457 e. The fourth-order valence-electron chi connectivity index (χ4n) is 4.12. The van der Waals surface area contributed by atoms with Crippen LogP contribution in [0.25, 0.3) is 16.3 Å². The Hall–Kier alpha value is -3.48. The van der Waals surface area contributed by atoms with E-state index >= 15 is 0 Å². The predicted octanol–water partition coefficient (Wildman–Crippen LogP) is 7.04. The standard InChI is InChI=1S/C30H36N2O5S/c1-3-5-7-11-19-36-26-17-18-27(37-20-12-8-6-4-2)28(22-26)38(34,35)30(32-31)29(33)25-16-15-23-13-9-10-14-24(23)21-25/h9-10,13-18,21-22H,3-8,11-12,19-20H2,1-2H3. The molecule has 0 aromatic heterocycles. The second-order valence-corrected chi connectivity index (χ2v) is 11.1. The molecular formula is C30H36N2O5S. The molecule has 0 aliphatic heterocycles. The molecule has 8 heteroatoms. The highest BCUT2D eigenvalue weighted by Crippen LogP contribution is 2.31. The lowest BCUT2D eigenvalue weighted by atomic mass is 10.0. The zero-order chi connectivity index (χ0) is 27.4. The molecule has 0 N–H and O–H groups in total. The van der Waals surface area contributed by atoms with Gasteiger partial charge in [0.15, 0.2) is 0 Å². The van der Waals surface area contributed by atoms with Gasteiger partial charge in [-0.15, -0.1) is 4.79 Å². The maximum absolute atomic E-state index is 13.7. The summed E-state index contributed by atoms with van der Waals surface area (Å²) in [5.74, 6) is -0.473. The molecule has 202 valence electrons. The SMILES string of the molecule is CCCCCCOc1ccc(OCCCCCC)c(S(=O)(=O)C(=[N+]=[N-])C(=O)c2ccc3ccccc3c2)c1. The lowest BCUT2D eigenvalue weighted by molar-refractivity contribution is -0.00159. The first-order valence-electron chi connectivity index (χ1n) is 13.3. The van der Waals surface area contributed by atoms with Gasteiger partial charge in [-0.3, -0.25) is 4.79 Å². The topological polar surface area (TPSA) is 106 Å². The number of fused-ring (bicyclic) bond motifs is 1. The second kappa shape index (κ2) is 14.5. The fourth-order valence-corrected chi connectivity index (χ4v) is 5.46. The van der Waals surface area contributed by atoms with Crippen LogP contribution in [-0.4, -0.2) is 37.2 Å². The zero-order valence-corrected chi connectivity index (χ0v) is 23.0. The number of hydrogen-bond donors (Lipinski definition) is 0. The van der Waals surface area contributed by atoms with Crippen LogP contribution in [0, 0.1) is 0 Å². The molecule has 0 aliphatic rings. The Labute approximate surface area is 225 Å². The van der Waals surface area contributed by atoms with E-state index in [1.807, 2.05) is 24.3 Å². The van der Waals surface area contributed by atoms with Crippen LogP contribution in [0.2, 0.25) is 0 Å². The molecule has 38 heavy (non-hydrogen) atoms. The summed E-state index contributed by atoms with van der Waals surface area (Å²) in [6.07, 6.45) is 7.90. The fraction of sp³-hybridized carbons (Fsp3) is 0.400. The maximum Gasteiger partial charge on any atom is 0.457 e. The summed E-state index contributed by atoms with van der Waals surface area (Å²) in [6, 6.07) is 16.8. The first-order valence-corrected chi connectivity index (χ1v) is 14.8. The van der Waals surface area contributed by atoms with Gasteiger partial charge in [0.25, 0.3) is 15.6 Å². The van der Waals surface area contributed by atoms with Crippen LogP contribution in [0.3, 0.4) is 0 Å². The van der Waals surface area contributed by atoms with Gasteiger partial charge in [-0.1, -0.05) is 88.8 Å². The van der Waals surface area contributed by atoms with Crippen molar-refractivity contribution in [3.05, 3.63) is 71.8 Å². The van der Waals surface area contributed by atoms with Crippen LogP contribution in [0.1, 0.15) is 75.6 Å². The Balaban J connectivity index is 1.92. The molecule has 0 atom stereocenters. The van der Waals surface area contributed by atoms with E-state index < -0.39 is 20.7 Å². The highest BCUT2D eigenvalue weighted by atomic mass is 32.2. The van der Waals surface area contributed by atoms with Crippen molar-refractivity contribution in [1.82, 2.24) is 0 Å². The number of carbonyl (C=O) groups is 1. The Morgan fingerprint density at radius 1 is 0.789 bits per heavy atom. The molecule has 0 fully saturated rings. The van der Waals surface area contributed by atoms with Gasteiger partial charge in [0.2, 0.25) is 0 Å². The van der Waals surface area contributed by atoms with Crippen molar-refractivity contribution in [3.63, 3.8) is 0 Å². The van der Waals surface area contributed by atoms with Crippen molar-refractivity contribution < 1.29 is 27.5 Å². The summed E-state index contributed by atoms with van der Waals surface area (Å²) in [5, 5.41) is 0.697. The quantitative estimate of drug-likeness (QED) is 0.0517. The van der Waals surface area contributed by atoms with E-state index in [1.54, 1.807) is 18.2 Å². The van der Waals surface area contributed by atoms with Crippen molar-refractivity contribution >= 4 is 31.4 Å². The first kappa shape index (κ1) is 29.1. The molecule has 0 amide bonds. The monoisotopic (exact) mass is 536 g/mol. The van der Waals surface area contributed by atoms with Crippen molar-refractivity contribution in [2.24, 2.45) is 0 Å². The van der Waals surface area contributed by atoms with E-state index in [9.17, 15) is 18.7 Å². The number of sulfone groups is 1. The molecule has 7 nitrogen and oxygen atoms in total. The lowest BCUT2D eigenvalue weighted by Crippen LogP contribution is -2.26. The molecule has 0 aliphatic carbocycles. The van der Waals surface area contributed by atoms with Gasteiger partial charge in [-0.2, -0.15) is 0 Å². The Morgan fingerprint density at radius 3 is 2.11 bits per heavy atom. The highest BCUT2D eigenvalue weighted by molar-refractivity contribution is 8.08. The molecule has 0 spiro atoms. The zero-order valence-electron chi connectivity index (χ0n) is 22.2. The van der Waals surface area contributed by atoms with Gasteiger partial charge >= 0.3 is 5.04 Å². The van der Waals surface area contributed by atoms with Crippen LogP contribution in [-0.2, 0) is 9.84 Å². The Kier molecular flexibility index (Phi) is 11.1. The van der Waals surface area contributed by atoms with E-state index in [2.05, 4.69) is 18.6 Å². The van der Waals surface area contributed by atoms with Gasteiger partial charge < -0.3 is 15.0 Å². The molecule has 3 rings (SSSR count). The molecule has 0 radical (unpaired) electrons. The van der Waals surface area contributed by atoms with Gasteiger partial charge in [0.1, 0.15) is 16.4 Å². The molecule has 0 bridgehead atoms. The van der Waals surface area contributed by atoms with Crippen LogP contribution in [0.4, 0.5) is 0 Å². The second-order valence-electron chi connectivity index (χ2n) is 9.23. The Morgan fingerprint density at radius 2 is 1.45 bits per heavy atom. The number of ether oxygens (including phenoxy) is 2. The molecule has 0 unspecified atom stereocenters. The van der Waals surface area contributed by atoms with Crippen LogP contribution >= 0.6 is 0 Å². The predicted molar refractivity (Wildman–Crippen MR) is 150 cm³/mol. The van der Waals surface area contributed by atoms with Gasteiger partial charge in [-0.05, 0) is 41.8 Å². The number of rotatable bonds is 15. The number of Topliss-reactive ketones (excluding diaryl/α,β-unsaturated/α-hetero) is 1. The van der Waals surface area contributed by atoms with E-state index in [4.69, 9.17) is 9.47 Å². The first-order chi connectivity index (χ1) is 18.4. The van der Waals surface area contributed by atoms with Gasteiger partial charge in [0, 0.05) is 11.6 Å². The number of hydrogen-bond acceptors (Lipinski definition) is 5. The number of nitrogens with zero attached hydrogens (tertiary/aromatic N) is 2. The summed E-state index contributed by atoms with van der Waals surface area (Å²) in [6.45, 7) is 4.99. The molecular weight excluding hydrogens is 500 g/mol. The number of unbranched alkanes of at least 4 members (excludes halogenated alkanes) is 6. The highest BCUT2D eigenvalue weighted by Gasteiger charge is 2.40. The normalized spacial score (nSPS) is 11.2. The Bertz CT molecular complexity index is 1390. The third kappa shape index (κ3) is 7.53. The van der Waals surface area contributed by atoms with Crippen molar-refractivity contribution in [1.29, 1.82) is 0 Å². The average molecular weight is 537 g/mol. The van der Waals surface area contributed by atoms with E-state index in [1.165, 1.54) is 18.2 Å². The van der Waals surface area contributed by atoms with E-state index in [-0.39, 0.29) is 16.2 Å². The maximum atomic E-state index is 13.7. The largest absolute Gasteiger partial charge is 0.494 e. The van der Waals surface area contributed by atoms with Crippen LogP contribution < -0.4 is 9.47 Å². The number of ketones is 1. The van der Waals surface area contributed by atoms with E-state index in [0.717, 1.165) is 62.1 Å². The van der Waals surface area contributed by atoms with E-state index in [0.29, 0.717) is 19.0 Å². The minimum absolute atomic E-state index is 0.0901. The summed E-state index contributed by atoms with van der Waals surface area (Å²) in [5.41, 5.74) is 9.84. The summed E-state index contributed by atoms with van der Waals surface area (Å²) in [7, 11) is -4.55. The molecule has 0 heterocycles. The van der Waals surface area contributed by atoms with Gasteiger partial charge in [-0.25, -0.2) is 8.42 Å². The lowest BCUT2D eigenvalue weighted by Gasteiger charge is -2.13. The minimum Gasteiger partial charge on any atom is -0.494 e. The van der Waals surface area contributed by atoms with Crippen LogP contribution in [0.5, 0.6) is 11.5 Å². The third-order valence-corrected chi connectivity index (χ3v) is 7.95. The molecule has 0 saturated heterocycles. The summed E-state index contributed by atoms with van der Waals surface area (Å²) in [4.78, 5) is 16.0. The van der Waals surface area contributed by atoms with Crippen molar-refractivity contribution in [2.45, 2.75) is 70.1 Å². The van der Waals surface area contributed by atoms with Crippen LogP contribution in [0.15, 0.2) is 65.6 Å². The van der Waals surface area contributed by atoms with Crippen molar-refractivity contribution in [3.8, 4) is 11.5 Å². The summed E-state index contributed by atoms with van der Waals surface area (Å²) >= 11 is 0. The number of carbonyl (C=O) groups excluding carboxylic acids is 1. The van der Waals surface area contributed by atoms with Gasteiger partial charge in [0.05, 0.1) is 13.2 Å². The number of benzene rings is 3.